The van der Waals surface area contributed by atoms with Crippen LogP contribution in [0.4, 0.5) is 24.7 Å². The van der Waals surface area contributed by atoms with E-state index in [2.05, 4.69) is 14.3 Å². The van der Waals surface area contributed by atoms with E-state index in [1.165, 1.54) is 28.0 Å². The minimum Gasteiger partial charge on any atom is -0.383 e. The summed E-state index contributed by atoms with van der Waals surface area (Å²) in [4.78, 5) is 31.5. The van der Waals surface area contributed by atoms with E-state index >= 15 is 0 Å². The standard InChI is InChI=1S/C23H22F3N5O5S.CH4.H2S/c1-13-11-30(16-5-6-18(23(24,25)26)15(8-16)12-36-37(2,34)35)22(33)20-14(10-29-31(13)20)9-19(32)17-4-3-7-28-21(17)27;;/h3-8,10,13H,9,11-12H2,1-2H3,(H2,27,28);1H4;1H2/t13-;;/m0../s1. The van der Waals surface area contributed by atoms with Gasteiger partial charge in [0.05, 0.1) is 36.2 Å². The van der Waals surface area contributed by atoms with Gasteiger partial charge in [0.15, 0.2) is 5.78 Å². The zero-order valence-corrected chi connectivity index (χ0v) is 22.0. The number of aromatic nitrogens is 3. The van der Waals surface area contributed by atoms with Crippen molar-refractivity contribution < 1.29 is 35.4 Å². The van der Waals surface area contributed by atoms with Crippen molar-refractivity contribution in [2.24, 2.45) is 0 Å². The summed E-state index contributed by atoms with van der Waals surface area (Å²) in [6.07, 6.45) is -1.40. The molecule has 0 unspecified atom stereocenters. The molecule has 1 aromatic carbocycles. The number of hydrogen-bond donors (Lipinski definition) is 1. The van der Waals surface area contributed by atoms with Crippen LogP contribution in [-0.2, 0) is 33.5 Å². The molecule has 212 valence electrons. The number of anilines is 2. The average molecular weight is 588 g/mol. The van der Waals surface area contributed by atoms with Gasteiger partial charge >= 0.3 is 6.18 Å². The van der Waals surface area contributed by atoms with Crippen LogP contribution < -0.4 is 10.6 Å². The van der Waals surface area contributed by atoms with Crippen LogP contribution in [0.15, 0.2) is 42.7 Å². The summed E-state index contributed by atoms with van der Waals surface area (Å²) in [5, 5.41) is 4.24. The Hall–Kier alpha value is -3.43. The number of hydrogen-bond acceptors (Lipinski definition) is 8. The highest BCUT2D eigenvalue weighted by Crippen LogP contribution is 2.36. The van der Waals surface area contributed by atoms with Gasteiger partial charge in [0.1, 0.15) is 11.5 Å². The van der Waals surface area contributed by atoms with Gasteiger partial charge in [0.2, 0.25) is 0 Å². The van der Waals surface area contributed by atoms with Gasteiger partial charge in [-0.15, -0.1) is 0 Å². The predicted octanol–water partition coefficient (Wildman–Crippen LogP) is 3.75. The summed E-state index contributed by atoms with van der Waals surface area (Å²) in [6.45, 7) is 0.982. The van der Waals surface area contributed by atoms with Gasteiger partial charge in [-0.2, -0.15) is 40.2 Å². The smallest absolute Gasteiger partial charge is 0.383 e. The van der Waals surface area contributed by atoms with E-state index in [1.807, 2.05) is 0 Å². The lowest BCUT2D eigenvalue weighted by Crippen LogP contribution is -2.43. The van der Waals surface area contributed by atoms with E-state index in [0.29, 0.717) is 5.56 Å². The molecule has 0 radical (unpaired) electrons. The number of nitrogen functional groups attached to an aromatic ring is 1. The monoisotopic (exact) mass is 587 g/mol. The molecule has 0 aliphatic carbocycles. The molecule has 39 heavy (non-hydrogen) atoms. The van der Waals surface area contributed by atoms with Gasteiger partial charge in [0.25, 0.3) is 16.0 Å². The Morgan fingerprint density at radius 1 is 1.23 bits per heavy atom. The molecule has 4 rings (SSSR count). The van der Waals surface area contributed by atoms with E-state index in [0.717, 1.165) is 24.5 Å². The third-order valence-corrected chi connectivity index (χ3v) is 6.35. The molecule has 0 fully saturated rings. The first-order valence-electron chi connectivity index (χ1n) is 10.9. The zero-order valence-electron chi connectivity index (χ0n) is 20.2. The maximum atomic E-state index is 13.5. The molecule has 10 nitrogen and oxygen atoms in total. The highest BCUT2D eigenvalue weighted by molar-refractivity contribution is 7.85. The second kappa shape index (κ2) is 11.8. The van der Waals surface area contributed by atoms with E-state index < -0.39 is 39.9 Å². The average Bonchev–Trinajstić information content (AvgIpc) is 3.23. The second-order valence-electron chi connectivity index (χ2n) is 8.57. The maximum Gasteiger partial charge on any atom is 0.416 e. The van der Waals surface area contributed by atoms with Gasteiger partial charge in [0, 0.05) is 30.4 Å². The lowest BCUT2D eigenvalue weighted by atomic mass is 10.0. The molecule has 0 spiro atoms. The molecule has 1 atom stereocenters. The first-order valence-corrected chi connectivity index (χ1v) is 12.7. The Balaban J connectivity index is 0.00000267. The van der Waals surface area contributed by atoms with Crippen molar-refractivity contribution in [3.05, 3.63) is 70.7 Å². The van der Waals surface area contributed by atoms with Crippen LogP contribution in [0.2, 0.25) is 0 Å². The summed E-state index contributed by atoms with van der Waals surface area (Å²) >= 11 is 0. The topological polar surface area (TPSA) is 137 Å². The molecule has 0 bridgehead atoms. The van der Waals surface area contributed by atoms with Crippen molar-refractivity contribution in [1.29, 1.82) is 0 Å². The number of halogens is 3. The molecule has 2 aromatic heterocycles. The lowest BCUT2D eigenvalue weighted by Gasteiger charge is -2.33. The van der Waals surface area contributed by atoms with E-state index in [-0.39, 0.29) is 68.5 Å². The van der Waals surface area contributed by atoms with Crippen molar-refractivity contribution in [3.63, 3.8) is 0 Å². The zero-order chi connectivity index (χ0) is 27.1. The highest BCUT2D eigenvalue weighted by atomic mass is 32.2. The highest BCUT2D eigenvalue weighted by Gasteiger charge is 2.37. The van der Waals surface area contributed by atoms with Crippen molar-refractivity contribution in [1.82, 2.24) is 14.8 Å². The summed E-state index contributed by atoms with van der Waals surface area (Å²) in [7, 11) is -4.02. The molecule has 1 aliphatic heterocycles. The normalized spacial score (nSPS) is 15.3. The van der Waals surface area contributed by atoms with Gasteiger partial charge in [-0.3, -0.25) is 18.5 Å². The number of fused-ring (bicyclic) bond motifs is 1. The summed E-state index contributed by atoms with van der Waals surface area (Å²) < 4.78 is 69.5. The van der Waals surface area contributed by atoms with Crippen LogP contribution in [-0.4, -0.2) is 47.7 Å². The third-order valence-electron chi connectivity index (χ3n) is 5.81. The molecule has 1 amide bonds. The van der Waals surface area contributed by atoms with E-state index in [4.69, 9.17) is 5.73 Å². The number of rotatable bonds is 7. The van der Waals surface area contributed by atoms with Crippen molar-refractivity contribution in [2.45, 2.75) is 39.6 Å². The number of Topliss-reactive ketones (excluding diaryl/α,β-unsaturated/α-hetero) is 1. The molecule has 1 aliphatic rings. The fourth-order valence-corrected chi connectivity index (χ4v) is 4.45. The number of ketones is 1. The molecule has 0 saturated heterocycles. The third kappa shape index (κ3) is 6.78. The Kier molecular flexibility index (Phi) is 9.58. The fraction of sp³-hybridized carbons (Fsp3) is 0.333. The Labute approximate surface area is 230 Å². The van der Waals surface area contributed by atoms with Crippen molar-refractivity contribution >= 4 is 46.8 Å². The number of benzene rings is 1. The Bertz CT molecular complexity index is 1490. The molecule has 15 heteroatoms. The minimum atomic E-state index is -4.77. The number of carbonyl (C=O) groups is 2. The van der Waals surface area contributed by atoms with Crippen LogP contribution >= 0.6 is 13.5 Å². The predicted molar refractivity (Wildman–Crippen MR) is 143 cm³/mol. The van der Waals surface area contributed by atoms with Crippen molar-refractivity contribution in [3.8, 4) is 0 Å². The summed E-state index contributed by atoms with van der Waals surface area (Å²) in [5.41, 5.74) is 4.99. The first kappa shape index (κ1) is 31.8. The Morgan fingerprint density at radius 2 is 1.92 bits per heavy atom. The van der Waals surface area contributed by atoms with E-state index in [1.54, 1.807) is 13.0 Å². The van der Waals surface area contributed by atoms with Crippen LogP contribution in [0, 0.1) is 0 Å². The van der Waals surface area contributed by atoms with Crippen molar-refractivity contribution in [2.75, 3.05) is 23.4 Å². The van der Waals surface area contributed by atoms with Gasteiger partial charge in [-0.25, -0.2) is 4.98 Å². The summed E-state index contributed by atoms with van der Waals surface area (Å²) in [5.74, 6) is -0.913. The Morgan fingerprint density at radius 3 is 2.54 bits per heavy atom. The quantitative estimate of drug-likeness (QED) is 0.326. The second-order valence-corrected chi connectivity index (χ2v) is 10.2. The lowest BCUT2D eigenvalue weighted by molar-refractivity contribution is -0.138. The largest absolute Gasteiger partial charge is 0.416 e. The number of amides is 1. The van der Waals surface area contributed by atoms with Crippen LogP contribution in [0.3, 0.4) is 0 Å². The first-order chi connectivity index (χ1) is 17.3. The van der Waals surface area contributed by atoms with Gasteiger partial charge in [-0.05, 0) is 42.8 Å². The fourth-order valence-electron chi connectivity index (χ4n) is 4.11. The molecule has 2 N–H and O–H groups in total. The van der Waals surface area contributed by atoms with Crippen LogP contribution in [0.25, 0.3) is 0 Å². The molecule has 3 heterocycles. The summed E-state index contributed by atoms with van der Waals surface area (Å²) in [6, 6.07) is 5.67. The SMILES string of the molecule is C.C[C@H]1CN(c2ccc(C(F)(F)F)c(COS(C)(=O)=O)c2)C(=O)c2c(CC(=O)c3cccnc3N)cnn21.S. The number of pyridine rings is 1. The molecule has 0 saturated carbocycles. The van der Waals surface area contributed by atoms with E-state index in [9.17, 15) is 31.2 Å². The van der Waals surface area contributed by atoms with Crippen LogP contribution in [0.5, 0.6) is 0 Å². The minimum absolute atomic E-state index is 0. The number of nitrogens with two attached hydrogens (primary N) is 1. The maximum absolute atomic E-state index is 13.5. The van der Waals surface area contributed by atoms with Gasteiger partial charge in [-0.1, -0.05) is 7.43 Å². The number of alkyl halides is 3. The number of carbonyl (C=O) groups excluding carboxylic acids is 2. The number of nitrogens with zero attached hydrogens (tertiary/aromatic N) is 4. The molecular weight excluding hydrogens is 559 g/mol. The molecular formula is C24H28F3N5O5S2. The van der Waals surface area contributed by atoms with Gasteiger partial charge < -0.3 is 10.6 Å². The van der Waals surface area contributed by atoms with Crippen LogP contribution in [0.1, 0.15) is 57.9 Å². The molecule has 3 aromatic rings.